The van der Waals surface area contributed by atoms with Gasteiger partial charge in [-0.15, -0.1) is 0 Å². The molecule has 11 nitrogen and oxygen atoms in total. The summed E-state index contributed by atoms with van der Waals surface area (Å²) in [4.78, 5) is 51.5. The Kier molecular flexibility index (Phi) is 26.2. The zero-order valence-corrected chi connectivity index (χ0v) is 44.5. The monoisotopic (exact) mass is 971 g/mol. The molecular formula is C59H86O11. The fourth-order valence-electron chi connectivity index (χ4n) is 8.17. The van der Waals surface area contributed by atoms with Crippen molar-refractivity contribution in [2.45, 2.75) is 171 Å². The number of esters is 4. The van der Waals surface area contributed by atoms with Gasteiger partial charge in [-0.3, -0.25) is 4.79 Å². The molecule has 1 unspecified atom stereocenters. The van der Waals surface area contributed by atoms with Crippen LogP contribution in [0.1, 0.15) is 196 Å². The summed E-state index contributed by atoms with van der Waals surface area (Å²) in [7, 11) is 2.91. The summed E-state index contributed by atoms with van der Waals surface area (Å²) in [6.07, 6.45) is 20.7. The third kappa shape index (κ3) is 21.8. The van der Waals surface area contributed by atoms with Crippen molar-refractivity contribution in [2.75, 3.05) is 40.6 Å². The Labute approximate surface area is 420 Å². The van der Waals surface area contributed by atoms with Gasteiger partial charge in [0.2, 0.25) is 0 Å². The highest BCUT2D eigenvalue weighted by Gasteiger charge is 2.47. The molecule has 1 atom stereocenters. The zero-order valence-electron chi connectivity index (χ0n) is 44.5. The van der Waals surface area contributed by atoms with Gasteiger partial charge in [0.05, 0.1) is 51.6 Å². The lowest BCUT2D eigenvalue weighted by molar-refractivity contribution is -0.165. The maximum Gasteiger partial charge on any atom is 0.343 e. The van der Waals surface area contributed by atoms with Gasteiger partial charge in [0, 0.05) is 6.08 Å². The number of carbonyl (C=O) groups excluding carboxylic acids is 4. The van der Waals surface area contributed by atoms with E-state index >= 15 is 0 Å². The van der Waals surface area contributed by atoms with E-state index in [9.17, 15) is 19.2 Å². The standard InChI is InChI=1S/C59H86O11/c1-11-12-22-27-45-28-32-47(33-29-45)54(61)70-50-36-34-48(66-38-23-20-21-24-39-67-51-35-30-46(42-52(51)64-9)31-37-53(60)65-10)43-49(50)55(62)68-40-25-18-16-14-13-15-17-19-26-41-69-56(63)59(8,58(5,6)7)44-57(2,3)4/h28-37,42-43H,11-27,38-41,44H2,1-10H3/b37-31+. The Morgan fingerprint density at radius 1 is 0.557 bits per heavy atom. The first kappa shape index (κ1) is 59.0. The van der Waals surface area contributed by atoms with Crippen molar-refractivity contribution in [2.24, 2.45) is 16.2 Å². The quantitative estimate of drug-likeness (QED) is 0.0190. The number of benzene rings is 3. The first-order chi connectivity index (χ1) is 33.4. The number of methoxy groups -OCH3 is 2. The van der Waals surface area contributed by atoms with Gasteiger partial charge in [0.15, 0.2) is 11.5 Å². The molecule has 0 aliphatic carbocycles. The fraction of sp³-hybridized carbons (Fsp3) is 0.593. The van der Waals surface area contributed by atoms with Gasteiger partial charge in [0.25, 0.3) is 0 Å². The van der Waals surface area contributed by atoms with Crippen LogP contribution < -0.4 is 18.9 Å². The van der Waals surface area contributed by atoms with Gasteiger partial charge in [0.1, 0.15) is 17.1 Å². The number of carbonyl (C=O) groups is 4. The second kappa shape index (κ2) is 31.1. The molecule has 0 fully saturated rings. The number of aryl methyl sites for hydroxylation is 1. The van der Waals surface area contributed by atoms with Gasteiger partial charge in [-0.1, -0.05) is 124 Å². The smallest absolute Gasteiger partial charge is 0.343 e. The SMILES string of the molecule is CCCCCc1ccc(C(=O)Oc2ccc(OCCCCCCOc3ccc(/C=C/C(=O)OC)cc3OC)cc2C(=O)OCCCCCCCCCCCOC(=O)C(C)(CC(C)(C)C)C(C)(C)C)cc1. The van der Waals surface area contributed by atoms with E-state index in [1.54, 1.807) is 49.6 Å². The highest BCUT2D eigenvalue weighted by atomic mass is 16.6. The van der Waals surface area contributed by atoms with Crippen LogP contribution in [0.5, 0.6) is 23.0 Å². The van der Waals surface area contributed by atoms with E-state index in [-0.39, 0.29) is 34.7 Å². The summed E-state index contributed by atoms with van der Waals surface area (Å²) >= 11 is 0. The van der Waals surface area contributed by atoms with Crippen LogP contribution in [0.4, 0.5) is 0 Å². The Morgan fingerprint density at radius 2 is 1.13 bits per heavy atom. The van der Waals surface area contributed by atoms with Crippen molar-refractivity contribution in [3.63, 3.8) is 0 Å². The third-order valence-corrected chi connectivity index (χ3v) is 12.7. The van der Waals surface area contributed by atoms with Gasteiger partial charge in [-0.25, -0.2) is 14.4 Å². The van der Waals surface area contributed by atoms with E-state index in [2.05, 4.69) is 60.1 Å². The molecule has 0 spiro atoms. The maximum absolute atomic E-state index is 13.5. The molecule has 0 saturated carbocycles. The van der Waals surface area contributed by atoms with Crippen molar-refractivity contribution < 1.29 is 52.3 Å². The number of hydrogen-bond acceptors (Lipinski definition) is 11. The van der Waals surface area contributed by atoms with E-state index in [0.29, 0.717) is 42.6 Å². The van der Waals surface area contributed by atoms with Crippen molar-refractivity contribution in [3.05, 3.63) is 89.0 Å². The average molecular weight is 971 g/mol. The van der Waals surface area contributed by atoms with Crippen LogP contribution >= 0.6 is 0 Å². The predicted molar refractivity (Wildman–Crippen MR) is 279 cm³/mol. The molecular weight excluding hydrogens is 885 g/mol. The number of hydrogen-bond donors (Lipinski definition) is 0. The molecule has 0 N–H and O–H groups in total. The van der Waals surface area contributed by atoms with E-state index < -0.39 is 23.3 Å². The normalized spacial score (nSPS) is 12.5. The molecule has 0 amide bonds. The van der Waals surface area contributed by atoms with Gasteiger partial charge < -0.3 is 33.2 Å². The molecule has 3 aromatic rings. The molecule has 0 aliphatic heterocycles. The lowest BCUT2D eigenvalue weighted by Gasteiger charge is -2.43. The van der Waals surface area contributed by atoms with Crippen LogP contribution in [0.2, 0.25) is 0 Å². The van der Waals surface area contributed by atoms with Crippen molar-refractivity contribution in [1.29, 1.82) is 0 Å². The minimum atomic E-state index is -0.564. The van der Waals surface area contributed by atoms with Crippen LogP contribution in [-0.2, 0) is 30.2 Å². The number of rotatable bonds is 33. The molecule has 0 saturated heterocycles. The van der Waals surface area contributed by atoms with Gasteiger partial charge >= 0.3 is 23.9 Å². The minimum absolute atomic E-state index is 0.0294. The number of unbranched alkanes of at least 4 members (excludes halogenated alkanes) is 13. The average Bonchev–Trinajstić information content (AvgIpc) is 3.32. The molecule has 0 bridgehead atoms. The van der Waals surface area contributed by atoms with E-state index in [0.717, 1.165) is 121 Å². The molecule has 11 heteroatoms. The summed E-state index contributed by atoms with van der Waals surface area (Å²) < 4.78 is 39.5. The Balaban J connectivity index is 1.43. The zero-order chi connectivity index (χ0) is 51.4. The van der Waals surface area contributed by atoms with Crippen LogP contribution in [0, 0.1) is 16.2 Å². The first-order valence-corrected chi connectivity index (χ1v) is 25.9. The van der Waals surface area contributed by atoms with E-state index in [4.69, 9.17) is 28.4 Å². The Hall–Kier alpha value is -5.32. The molecule has 0 radical (unpaired) electrons. The molecule has 0 aromatic heterocycles. The van der Waals surface area contributed by atoms with Crippen molar-refractivity contribution in [1.82, 2.24) is 0 Å². The lowest BCUT2D eigenvalue weighted by atomic mass is 9.61. The molecule has 388 valence electrons. The van der Waals surface area contributed by atoms with Crippen LogP contribution in [0.15, 0.2) is 66.7 Å². The minimum Gasteiger partial charge on any atom is -0.494 e. The summed E-state index contributed by atoms with van der Waals surface area (Å²) in [6.45, 7) is 18.8. The second-order valence-corrected chi connectivity index (χ2v) is 20.9. The maximum atomic E-state index is 13.5. The summed E-state index contributed by atoms with van der Waals surface area (Å²) in [6, 6.07) is 17.8. The predicted octanol–water partition coefficient (Wildman–Crippen LogP) is 14.6. The molecule has 70 heavy (non-hydrogen) atoms. The largest absolute Gasteiger partial charge is 0.494 e. The molecule has 3 aromatic carbocycles. The highest BCUT2D eigenvalue weighted by molar-refractivity contribution is 5.96. The number of ether oxygens (including phenoxy) is 7. The van der Waals surface area contributed by atoms with E-state index in [1.807, 2.05) is 24.3 Å². The molecule has 0 heterocycles. The molecule has 0 aliphatic rings. The van der Waals surface area contributed by atoms with Gasteiger partial charge in [-0.05, 0) is 135 Å². The topological polar surface area (TPSA) is 133 Å². The Bertz CT molecular complexity index is 2060. The highest BCUT2D eigenvalue weighted by Crippen LogP contribution is 2.47. The Morgan fingerprint density at radius 3 is 1.70 bits per heavy atom. The van der Waals surface area contributed by atoms with Crippen molar-refractivity contribution >= 4 is 30.0 Å². The summed E-state index contributed by atoms with van der Waals surface area (Å²) in [5.74, 6) is 0.191. The third-order valence-electron chi connectivity index (χ3n) is 12.7. The second-order valence-electron chi connectivity index (χ2n) is 20.9. The van der Waals surface area contributed by atoms with Crippen LogP contribution in [0.3, 0.4) is 0 Å². The van der Waals surface area contributed by atoms with Crippen LogP contribution in [0.25, 0.3) is 6.08 Å². The molecule has 3 rings (SSSR count). The van der Waals surface area contributed by atoms with Crippen LogP contribution in [-0.4, -0.2) is 64.5 Å². The van der Waals surface area contributed by atoms with E-state index in [1.165, 1.54) is 18.7 Å². The fourth-order valence-corrected chi connectivity index (χ4v) is 8.17. The summed E-state index contributed by atoms with van der Waals surface area (Å²) in [5, 5.41) is 0. The van der Waals surface area contributed by atoms with Gasteiger partial charge in [-0.2, -0.15) is 0 Å². The first-order valence-electron chi connectivity index (χ1n) is 25.9. The lowest BCUT2D eigenvalue weighted by Crippen LogP contribution is -2.44. The summed E-state index contributed by atoms with van der Waals surface area (Å²) in [5.41, 5.74) is 1.81. The van der Waals surface area contributed by atoms with Crippen molar-refractivity contribution in [3.8, 4) is 23.0 Å².